The van der Waals surface area contributed by atoms with Crippen molar-refractivity contribution in [1.29, 1.82) is 0 Å². The lowest BCUT2D eigenvalue weighted by Gasteiger charge is -2.22. The van der Waals surface area contributed by atoms with Crippen LogP contribution in [-0.4, -0.2) is 41.0 Å². The molecule has 0 bridgehead atoms. The molecule has 1 aromatic heterocycles. The predicted molar refractivity (Wildman–Crippen MR) is 214 cm³/mol. The summed E-state index contributed by atoms with van der Waals surface area (Å²) in [5, 5.41) is 5.83. The Bertz CT molecular complexity index is 2330. The molecule has 1 unspecified atom stereocenters. The standard InChI is InChI=1S/C46H48F4N2O4/c1-7-9-14-31(8-2)25-52-39-20-19-32(42(51-56-30(6)53)35-17-12-13-18-40(35)55-26-46(49,50)45(47)48)23-36(39)37-24-38(33-15-10-11-16-34(33)43(37)52)44(54)41-28(4)21-27(3)22-29(41)5/h11-13,16-24,31,45H,7-10,14-15,25-26H2,1-6H3/b51-42+. The largest absolute Gasteiger partial charge is 0.486 e. The number of rotatable bonds is 15. The average Bonchev–Trinajstić information content (AvgIpc) is 3.47. The summed E-state index contributed by atoms with van der Waals surface area (Å²) in [5.74, 6) is -4.90. The number of aromatic nitrogens is 1. The van der Waals surface area contributed by atoms with Gasteiger partial charge in [-0.05, 0) is 93.0 Å². The molecule has 10 heteroatoms. The first-order valence-electron chi connectivity index (χ1n) is 19.3. The number of benzene rings is 4. The molecule has 1 aliphatic rings. The van der Waals surface area contributed by atoms with E-state index in [1.54, 1.807) is 6.07 Å². The number of carbonyl (C=O) groups is 2. The van der Waals surface area contributed by atoms with Gasteiger partial charge in [0.05, 0.1) is 5.52 Å². The first kappa shape index (κ1) is 40.4. The molecule has 0 N–H and O–H groups in total. The van der Waals surface area contributed by atoms with E-state index in [1.165, 1.54) is 25.1 Å². The molecule has 4 aromatic carbocycles. The molecule has 1 atom stereocenters. The smallest absolute Gasteiger partial charge is 0.340 e. The maximum absolute atomic E-state index is 14.7. The van der Waals surface area contributed by atoms with Crippen molar-refractivity contribution in [1.82, 2.24) is 4.57 Å². The monoisotopic (exact) mass is 768 g/mol. The predicted octanol–water partition coefficient (Wildman–Crippen LogP) is 11.7. The zero-order chi connectivity index (χ0) is 40.3. The van der Waals surface area contributed by atoms with Crippen LogP contribution in [-0.2, 0) is 22.6 Å². The summed E-state index contributed by atoms with van der Waals surface area (Å²) < 4.78 is 61.9. The molecule has 0 spiro atoms. The molecule has 0 radical (unpaired) electrons. The van der Waals surface area contributed by atoms with Crippen molar-refractivity contribution >= 4 is 45.3 Å². The van der Waals surface area contributed by atoms with E-state index in [0.29, 0.717) is 29.0 Å². The van der Waals surface area contributed by atoms with Crippen LogP contribution in [0.1, 0.15) is 108 Å². The maximum Gasteiger partial charge on any atom is 0.340 e. The van der Waals surface area contributed by atoms with E-state index >= 15 is 0 Å². The number of carbonyl (C=O) groups excluding carboxylic acids is 2. The number of ether oxygens (including phenoxy) is 1. The Balaban J connectivity index is 1.62. The van der Waals surface area contributed by atoms with Gasteiger partial charge in [0.15, 0.2) is 12.4 Å². The number of ketones is 1. The van der Waals surface area contributed by atoms with Gasteiger partial charge in [-0.3, -0.25) is 4.79 Å². The molecule has 0 amide bonds. The van der Waals surface area contributed by atoms with Gasteiger partial charge >= 0.3 is 18.3 Å². The Morgan fingerprint density at radius 3 is 2.36 bits per heavy atom. The van der Waals surface area contributed by atoms with Crippen molar-refractivity contribution in [3.8, 4) is 5.75 Å². The van der Waals surface area contributed by atoms with E-state index in [4.69, 9.17) is 9.57 Å². The van der Waals surface area contributed by atoms with Crippen LogP contribution in [0.5, 0.6) is 5.75 Å². The number of fused-ring (bicyclic) bond motifs is 5. The molecule has 5 aromatic rings. The second kappa shape index (κ2) is 16.9. The van der Waals surface area contributed by atoms with Gasteiger partial charge in [0.25, 0.3) is 0 Å². The van der Waals surface area contributed by atoms with Gasteiger partial charge in [0.1, 0.15) is 11.5 Å². The molecule has 1 heterocycles. The van der Waals surface area contributed by atoms with E-state index < -0.39 is 24.9 Å². The van der Waals surface area contributed by atoms with Crippen LogP contribution in [0.15, 0.2) is 71.9 Å². The third kappa shape index (κ3) is 8.15. The van der Waals surface area contributed by atoms with Gasteiger partial charge in [-0.1, -0.05) is 86.3 Å². The van der Waals surface area contributed by atoms with E-state index in [-0.39, 0.29) is 22.8 Å². The van der Waals surface area contributed by atoms with E-state index in [9.17, 15) is 27.2 Å². The molecule has 0 saturated heterocycles. The lowest BCUT2D eigenvalue weighted by atomic mass is 9.84. The second-order valence-corrected chi connectivity index (χ2v) is 14.9. The maximum atomic E-state index is 14.7. The molecule has 6 nitrogen and oxygen atoms in total. The molecule has 0 aliphatic heterocycles. The van der Waals surface area contributed by atoms with Crippen LogP contribution in [0.3, 0.4) is 0 Å². The highest BCUT2D eigenvalue weighted by atomic mass is 19.3. The Kier molecular flexibility index (Phi) is 12.2. The summed E-state index contributed by atoms with van der Waals surface area (Å²) in [6.07, 6.45) is 6.13. The molecule has 294 valence electrons. The van der Waals surface area contributed by atoms with Crippen LogP contribution in [0.2, 0.25) is 0 Å². The minimum absolute atomic E-state index is 0.0383. The van der Waals surface area contributed by atoms with Crippen LogP contribution in [0, 0.1) is 26.7 Å². The quantitative estimate of drug-likeness (QED) is 0.0350. The van der Waals surface area contributed by atoms with Crippen molar-refractivity contribution in [2.24, 2.45) is 11.1 Å². The number of alkyl halides is 4. The van der Waals surface area contributed by atoms with Crippen molar-refractivity contribution in [2.75, 3.05) is 6.61 Å². The van der Waals surface area contributed by atoms with E-state index in [2.05, 4.69) is 35.7 Å². The third-order valence-corrected chi connectivity index (χ3v) is 10.7. The van der Waals surface area contributed by atoms with E-state index in [1.807, 2.05) is 57.2 Å². The number of para-hydroxylation sites is 1. The minimum atomic E-state index is -4.40. The molecular weight excluding hydrogens is 721 g/mol. The topological polar surface area (TPSA) is 69.9 Å². The fourth-order valence-electron chi connectivity index (χ4n) is 7.99. The van der Waals surface area contributed by atoms with Crippen molar-refractivity contribution in [3.63, 3.8) is 0 Å². The van der Waals surface area contributed by atoms with Gasteiger partial charge in [0, 0.05) is 57.6 Å². The summed E-state index contributed by atoms with van der Waals surface area (Å²) >= 11 is 0. The number of nitrogens with zero attached hydrogens (tertiary/aromatic N) is 2. The number of aryl methyl sites for hydroxylation is 3. The van der Waals surface area contributed by atoms with Gasteiger partial charge < -0.3 is 14.1 Å². The summed E-state index contributed by atoms with van der Waals surface area (Å²) in [7, 11) is 0. The van der Waals surface area contributed by atoms with Gasteiger partial charge in [-0.2, -0.15) is 8.78 Å². The van der Waals surface area contributed by atoms with Crippen LogP contribution < -0.4 is 4.74 Å². The third-order valence-electron chi connectivity index (χ3n) is 10.7. The van der Waals surface area contributed by atoms with Crippen molar-refractivity contribution in [3.05, 3.63) is 117 Å². The number of halogens is 4. The number of oxime groups is 1. The summed E-state index contributed by atoms with van der Waals surface area (Å²) in [6, 6.07) is 17.8. The lowest BCUT2D eigenvalue weighted by Crippen LogP contribution is -2.34. The van der Waals surface area contributed by atoms with E-state index in [0.717, 1.165) is 88.3 Å². The Morgan fingerprint density at radius 1 is 0.946 bits per heavy atom. The summed E-state index contributed by atoms with van der Waals surface area (Å²) in [6.45, 7) is 10.7. The Labute approximate surface area is 325 Å². The first-order chi connectivity index (χ1) is 26.7. The number of unbranched alkanes of at least 4 members (excludes halogenated alkanes) is 1. The fourth-order valence-corrected chi connectivity index (χ4v) is 7.99. The van der Waals surface area contributed by atoms with Crippen molar-refractivity contribution in [2.45, 2.75) is 99.0 Å². The highest BCUT2D eigenvalue weighted by Gasteiger charge is 2.42. The molecule has 0 fully saturated rings. The van der Waals surface area contributed by atoms with Gasteiger partial charge in [-0.25, -0.2) is 13.6 Å². The highest BCUT2D eigenvalue weighted by Crippen LogP contribution is 2.40. The Morgan fingerprint density at radius 2 is 1.68 bits per heavy atom. The normalized spacial score (nSPS) is 13.7. The summed E-state index contributed by atoms with van der Waals surface area (Å²) in [5.41, 5.74) is 8.91. The fraction of sp³-hybridized carbons (Fsp3) is 0.370. The zero-order valence-corrected chi connectivity index (χ0v) is 32.8. The minimum Gasteiger partial charge on any atom is -0.486 e. The van der Waals surface area contributed by atoms with Crippen LogP contribution in [0.4, 0.5) is 17.6 Å². The molecule has 6 rings (SSSR count). The SMILES string of the molecule is CCCCC(CC)Cn1c2ccc(/C(=N\OC(C)=O)c3ccccc3OCC(F)(F)C(F)F)cc2c2cc(C(=O)c3c(C)cc(C)cc3C)c3c(c21)C=CCC3. The number of allylic oxidation sites excluding steroid dienone is 1. The molecule has 56 heavy (non-hydrogen) atoms. The highest BCUT2D eigenvalue weighted by molar-refractivity contribution is 6.21. The van der Waals surface area contributed by atoms with Crippen molar-refractivity contribution < 1.29 is 36.7 Å². The zero-order valence-electron chi connectivity index (χ0n) is 32.8. The second-order valence-electron chi connectivity index (χ2n) is 14.9. The number of hydrogen-bond donors (Lipinski definition) is 0. The van der Waals surface area contributed by atoms with Crippen LogP contribution >= 0.6 is 0 Å². The molecule has 0 saturated carbocycles. The Hall–Kier alpha value is -5.25. The lowest BCUT2D eigenvalue weighted by molar-refractivity contribution is -0.148. The molecular formula is C46H48F4N2O4. The van der Waals surface area contributed by atoms with Gasteiger partial charge in [-0.15, -0.1) is 0 Å². The first-order valence-corrected chi connectivity index (χ1v) is 19.3. The van der Waals surface area contributed by atoms with Crippen LogP contribution in [0.25, 0.3) is 27.9 Å². The average molecular weight is 769 g/mol. The molecule has 1 aliphatic carbocycles. The summed E-state index contributed by atoms with van der Waals surface area (Å²) in [4.78, 5) is 31.9. The van der Waals surface area contributed by atoms with Gasteiger partial charge in [0.2, 0.25) is 0 Å². The number of hydrogen-bond acceptors (Lipinski definition) is 5.